The van der Waals surface area contributed by atoms with Gasteiger partial charge in [0.15, 0.2) is 11.6 Å². The van der Waals surface area contributed by atoms with E-state index in [1.54, 1.807) is 0 Å². The van der Waals surface area contributed by atoms with Crippen molar-refractivity contribution in [1.29, 1.82) is 0 Å². The molecule has 0 fully saturated rings. The third-order valence-electron chi connectivity index (χ3n) is 2.90. The summed E-state index contributed by atoms with van der Waals surface area (Å²) in [7, 11) is 0. The average molecular weight is 326 g/mol. The van der Waals surface area contributed by atoms with Crippen molar-refractivity contribution in [2.24, 2.45) is 0 Å². The predicted octanol–water partition coefficient (Wildman–Crippen LogP) is 3.65. The molecule has 122 valence electrons. The van der Waals surface area contributed by atoms with Gasteiger partial charge in [-0.1, -0.05) is 0 Å². The number of rotatable bonds is 5. The van der Waals surface area contributed by atoms with Crippen LogP contribution in [0.25, 0.3) is 11.6 Å². The smallest absolute Gasteiger partial charge is 0.328 e. The van der Waals surface area contributed by atoms with Gasteiger partial charge in [0.25, 0.3) is 0 Å². The van der Waals surface area contributed by atoms with Crippen LogP contribution in [0.5, 0.6) is 0 Å². The molecule has 0 bridgehead atoms. The molecule has 0 saturated heterocycles. The van der Waals surface area contributed by atoms with Crippen LogP contribution in [0, 0.1) is 0 Å². The van der Waals surface area contributed by atoms with Gasteiger partial charge in [0, 0.05) is 37.9 Å². The van der Waals surface area contributed by atoms with E-state index < -0.39 is 25.2 Å². The molecule has 22 heavy (non-hydrogen) atoms. The summed E-state index contributed by atoms with van der Waals surface area (Å²) in [5, 5.41) is 0. The van der Waals surface area contributed by atoms with E-state index in [1.165, 1.54) is 33.9 Å². The molecule has 0 aromatic carbocycles. The maximum atomic E-state index is 12.3. The van der Waals surface area contributed by atoms with Gasteiger partial charge >= 0.3 is 12.4 Å². The minimum atomic E-state index is -4.33. The lowest BCUT2D eigenvalue weighted by atomic mass is 10.4. The normalized spacial score (nSPS) is 12.8. The third kappa shape index (κ3) is 4.50. The lowest BCUT2D eigenvalue weighted by Crippen LogP contribution is -2.15. The van der Waals surface area contributed by atoms with Gasteiger partial charge in [-0.3, -0.25) is 0 Å². The van der Waals surface area contributed by atoms with Crippen LogP contribution < -0.4 is 0 Å². The van der Waals surface area contributed by atoms with Gasteiger partial charge in [0.05, 0.1) is 12.8 Å². The van der Waals surface area contributed by atoms with Crippen molar-refractivity contribution in [2.75, 3.05) is 0 Å². The highest BCUT2D eigenvalue weighted by Crippen LogP contribution is 2.24. The van der Waals surface area contributed by atoms with E-state index in [0.29, 0.717) is 0 Å². The quantitative estimate of drug-likeness (QED) is 0.786. The summed E-state index contributed by atoms with van der Waals surface area (Å²) in [4.78, 5) is 7.79. The molecule has 0 aliphatic carbocycles. The number of aromatic nitrogens is 4. The maximum absolute atomic E-state index is 12.3. The van der Waals surface area contributed by atoms with Crippen molar-refractivity contribution in [3.8, 4) is 11.6 Å². The molecular formula is C12H12F6N4. The Morgan fingerprint density at radius 1 is 0.727 bits per heavy atom. The number of hydrogen-bond donors (Lipinski definition) is 0. The zero-order valence-corrected chi connectivity index (χ0v) is 11.2. The van der Waals surface area contributed by atoms with Crippen molar-refractivity contribution in [1.82, 2.24) is 19.1 Å². The Morgan fingerprint density at radius 2 is 1.09 bits per heavy atom. The Hall–Kier alpha value is -2.00. The van der Waals surface area contributed by atoms with Crippen LogP contribution >= 0.6 is 0 Å². The maximum Gasteiger partial charge on any atom is 0.390 e. The van der Waals surface area contributed by atoms with Crippen LogP contribution in [0.4, 0.5) is 26.3 Å². The molecule has 2 aromatic heterocycles. The van der Waals surface area contributed by atoms with Gasteiger partial charge in [0.1, 0.15) is 0 Å². The molecule has 0 aliphatic rings. The molecule has 2 heterocycles. The Labute approximate surface area is 121 Å². The van der Waals surface area contributed by atoms with E-state index in [9.17, 15) is 26.3 Å². The Kier molecular flexibility index (Phi) is 4.47. The van der Waals surface area contributed by atoms with Crippen molar-refractivity contribution in [3.05, 3.63) is 24.8 Å². The first-order valence-electron chi connectivity index (χ1n) is 6.32. The van der Waals surface area contributed by atoms with Gasteiger partial charge in [-0.25, -0.2) is 9.97 Å². The van der Waals surface area contributed by atoms with E-state index in [0.717, 1.165) is 0 Å². The van der Waals surface area contributed by atoms with Gasteiger partial charge in [-0.15, -0.1) is 0 Å². The Balaban J connectivity index is 2.16. The summed E-state index contributed by atoms with van der Waals surface area (Å²) in [6, 6.07) is 0. The number of nitrogens with zero attached hydrogens (tertiary/aromatic N) is 4. The van der Waals surface area contributed by atoms with E-state index >= 15 is 0 Å². The monoisotopic (exact) mass is 326 g/mol. The number of halogens is 6. The van der Waals surface area contributed by atoms with Gasteiger partial charge in [-0.2, -0.15) is 26.3 Å². The molecule has 0 radical (unpaired) electrons. The number of alkyl halides is 6. The topological polar surface area (TPSA) is 35.6 Å². The minimum Gasteiger partial charge on any atom is -0.328 e. The molecule has 0 atom stereocenters. The SMILES string of the molecule is FC(F)(F)CCn1ccnc1-c1nccn1CCC(F)(F)F. The molecule has 4 nitrogen and oxygen atoms in total. The summed E-state index contributed by atoms with van der Waals surface area (Å²) in [6.07, 6.45) is -5.52. The second-order valence-corrected chi connectivity index (χ2v) is 4.62. The summed E-state index contributed by atoms with van der Waals surface area (Å²) in [5.41, 5.74) is 0. The molecule has 0 spiro atoms. The van der Waals surface area contributed by atoms with E-state index in [4.69, 9.17) is 0 Å². The van der Waals surface area contributed by atoms with Gasteiger partial charge < -0.3 is 9.13 Å². The molecular weight excluding hydrogens is 314 g/mol. The first kappa shape index (κ1) is 16.4. The summed E-state index contributed by atoms with van der Waals surface area (Å²) >= 11 is 0. The predicted molar refractivity (Wildman–Crippen MR) is 64.8 cm³/mol. The van der Waals surface area contributed by atoms with Crippen LogP contribution in [-0.2, 0) is 13.1 Å². The standard InChI is InChI=1S/C12H12F6N4/c13-11(14,15)1-5-21-7-3-19-9(21)10-20-4-8-22(10)6-2-12(16,17)18/h3-4,7-8H,1-2,5-6H2. The number of imidazole rings is 2. The average Bonchev–Trinajstić information content (AvgIpc) is 3.00. The number of aryl methyl sites for hydroxylation is 2. The molecule has 0 amide bonds. The van der Waals surface area contributed by atoms with Crippen LogP contribution in [0.2, 0.25) is 0 Å². The van der Waals surface area contributed by atoms with Crippen LogP contribution in [-0.4, -0.2) is 31.5 Å². The van der Waals surface area contributed by atoms with Gasteiger partial charge in [-0.05, 0) is 0 Å². The fourth-order valence-electron chi connectivity index (χ4n) is 1.89. The molecule has 0 unspecified atom stereocenters. The van der Waals surface area contributed by atoms with E-state index in [1.807, 2.05) is 0 Å². The third-order valence-corrected chi connectivity index (χ3v) is 2.90. The molecule has 0 saturated carbocycles. The fraction of sp³-hybridized carbons (Fsp3) is 0.500. The second-order valence-electron chi connectivity index (χ2n) is 4.62. The van der Waals surface area contributed by atoms with Crippen LogP contribution in [0.15, 0.2) is 24.8 Å². The lowest BCUT2D eigenvalue weighted by molar-refractivity contribution is -0.137. The van der Waals surface area contributed by atoms with Crippen molar-refractivity contribution in [2.45, 2.75) is 38.3 Å². The molecule has 0 aliphatic heterocycles. The first-order valence-corrected chi connectivity index (χ1v) is 6.32. The van der Waals surface area contributed by atoms with Crippen molar-refractivity contribution >= 4 is 0 Å². The summed E-state index contributed by atoms with van der Waals surface area (Å²) in [5.74, 6) is 0.216. The highest BCUT2D eigenvalue weighted by atomic mass is 19.4. The Morgan fingerprint density at radius 3 is 1.41 bits per heavy atom. The van der Waals surface area contributed by atoms with E-state index in [2.05, 4.69) is 9.97 Å². The fourth-order valence-corrected chi connectivity index (χ4v) is 1.89. The Bertz CT molecular complexity index is 555. The zero-order chi connectivity index (χ0) is 16.4. The van der Waals surface area contributed by atoms with Crippen molar-refractivity contribution < 1.29 is 26.3 Å². The minimum absolute atomic E-state index is 0.108. The lowest BCUT2D eigenvalue weighted by Gasteiger charge is -2.12. The van der Waals surface area contributed by atoms with Crippen LogP contribution in [0.1, 0.15) is 12.8 Å². The molecule has 0 N–H and O–H groups in total. The summed E-state index contributed by atoms with van der Waals surface area (Å²) in [6.45, 7) is -0.740. The summed E-state index contributed by atoms with van der Waals surface area (Å²) < 4.78 is 76.1. The number of hydrogen-bond acceptors (Lipinski definition) is 2. The van der Waals surface area contributed by atoms with Crippen LogP contribution in [0.3, 0.4) is 0 Å². The zero-order valence-electron chi connectivity index (χ0n) is 11.2. The second kappa shape index (κ2) is 6.01. The largest absolute Gasteiger partial charge is 0.390 e. The highest BCUT2D eigenvalue weighted by molar-refractivity contribution is 5.44. The molecule has 2 aromatic rings. The van der Waals surface area contributed by atoms with Crippen molar-refractivity contribution in [3.63, 3.8) is 0 Å². The molecule has 2 rings (SSSR count). The first-order chi connectivity index (χ1) is 10.2. The molecule has 10 heteroatoms. The highest BCUT2D eigenvalue weighted by Gasteiger charge is 2.29. The van der Waals surface area contributed by atoms with Gasteiger partial charge in [0.2, 0.25) is 0 Å². The van der Waals surface area contributed by atoms with E-state index in [-0.39, 0.29) is 24.7 Å².